The van der Waals surface area contributed by atoms with Crippen molar-refractivity contribution in [3.05, 3.63) is 23.8 Å². The Kier molecular flexibility index (Phi) is 3.51. The Morgan fingerprint density at radius 2 is 2.38 bits per heavy atom. The molecule has 1 aliphatic heterocycles. The van der Waals surface area contributed by atoms with Gasteiger partial charge in [-0.15, -0.1) is 11.8 Å². The third kappa shape index (κ3) is 2.23. The monoisotopic (exact) mass is 237 g/mol. The van der Waals surface area contributed by atoms with Gasteiger partial charge in [0.05, 0.1) is 6.61 Å². The van der Waals surface area contributed by atoms with Crippen LogP contribution in [0.25, 0.3) is 0 Å². The average molecular weight is 237 g/mol. The van der Waals surface area contributed by atoms with Gasteiger partial charge in [-0.3, -0.25) is 4.79 Å². The summed E-state index contributed by atoms with van der Waals surface area (Å²) in [5.41, 5.74) is 2.28. The van der Waals surface area contributed by atoms with Gasteiger partial charge in [0.2, 0.25) is 5.91 Å². The molecule has 0 fully saturated rings. The maximum atomic E-state index is 11.4. The van der Waals surface area contributed by atoms with Gasteiger partial charge in [-0.05, 0) is 30.2 Å². The van der Waals surface area contributed by atoms with Crippen molar-refractivity contribution in [3.8, 4) is 0 Å². The van der Waals surface area contributed by atoms with Crippen LogP contribution in [-0.2, 0) is 11.2 Å². The maximum absolute atomic E-state index is 11.4. The van der Waals surface area contributed by atoms with Gasteiger partial charge in [-0.25, -0.2) is 0 Å². The highest BCUT2D eigenvalue weighted by Crippen LogP contribution is 2.31. The van der Waals surface area contributed by atoms with E-state index in [4.69, 9.17) is 5.11 Å². The normalized spacial score (nSPS) is 14.0. The molecule has 0 atom stereocenters. The van der Waals surface area contributed by atoms with Crippen molar-refractivity contribution in [2.45, 2.75) is 18.2 Å². The van der Waals surface area contributed by atoms with E-state index in [9.17, 15) is 4.79 Å². The van der Waals surface area contributed by atoms with Crippen molar-refractivity contribution in [1.29, 1.82) is 0 Å². The number of thioether (sulfide) groups is 1. The second kappa shape index (κ2) is 4.89. The predicted molar refractivity (Wildman–Crippen MR) is 66.0 cm³/mol. The third-order valence-electron chi connectivity index (χ3n) is 2.69. The summed E-state index contributed by atoms with van der Waals surface area (Å²) >= 11 is 1.64. The third-order valence-corrected chi connectivity index (χ3v) is 3.66. The zero-order valence-corrected chi connectivity index (χ0v) is 10.1. The Labute approximate surface area is 99.5 Å². The van der Waals surface area contributed by atoms with Crippen LogP contribution in [0.5, 0.6) is 0 Å². The lowest BCUT2D eigenvalue weighted by Gasteiger charge is -2.14. The second-order valence-corrected chi connectivity index (χ2v) is 4.95. The molecule has 0 saturated carbocycles. The van der Waals surface area contributed by atoms with Crippen molar-refractivity contribution >= 4 is 23.4 Å². The van der Waals surface area contributed by atoms with Crippen molar-refractivity contribution in [3.63, 3.8) is 0 Å². The minimum Gasteiger partial charge on any atom is -0.396 e. The first-order valence-corrected chi connectivity index (χ1v) is 6.35. The summed E-state index contributed by atoms with van der Waals surface area (Å²) in [6.07, 6.45) is 0.933. The molecule has 0 saturated heterocycles. The van der Waals surface area contributed by atoms with Crippen LogP contribution in [0.3, 0.4) is 0 Å². The number of fused-ring (bicyclic) bond motifs is 1. The van der Waals surface area contributed by atoms with E-state index in [2.05, 4.69) is 6.07 Å². The Morgan fingerprint density at radius 3 is 3.06 bits per heavy atom. The highest BCUT2D eigenvalue weighted by Gasteiger charge is 2.21. The topological polar surface area (TPSA) is 40.5 Å². The number of amides is 1. The average Bonchev–Trinajstić information content (AvgIpc) is 2.69. The molecule has 0 bridgehead atoms. The zero-order chi connectivity index (χ0) is 11.5. The fraction of sp³-hybridized carbons (Fsp3) is 0.417. The van der Waals surface area contributed by atoms with E-state index in [1.165, 1.54) is 10.5 Å². The highest BCUT2D eigenvalue weighted by atomic mass is 32.2. The van der Waals surface area contributed by atoms with Crippen molar-refractivity contribution in [2.75, 3.05) is 23.8 Å². The maximum Gasteiger partial charge on any atom is 0.223 e. The number of hydrogen-bond donors (Lipinski definition) is 1. The van der Waals surface area contributed by atoms with Gasteiger partial charge in [-0.1, -0.05) is 0 Å². The smallest absolute Gasteiger partial charge is 0.223 e. The van der Waals surface area contributed by atoms with Crippen LogP contribution < -0.4 is 4.90 Å². The SMILES string of the molecule is CC(=O)N1CCc2cc(SCCO)ccc21. The summed E-state index contributed by atoms with van der Waals surface area (Å²) in [5.74, 6) is 0.823. The van der Waals surface area contributed by atoms with Crippen LogP contribution in [0.1, 0.15) is 12.5 Å². The zero-order valence-electron chi connectivity index (χ0n) is 9.27. The van der Waals surface area contributed by atoms with E-state index >= 15 is 0 Å². The molecule has 0 radical (unpaired) electrons. The molecule has 0 aliphatic carbocycles. The predicted octanol–water partition coefficient (Wildman–Crippen LogP) is 1.68. The molecule has 3 nitrogen and oxygen atoms in total. The molecule has 16 heavy (non-hydrogen) atoms. The van der Waals surface area contributed by atoms with Gasteiger partial charge in [-0.2, -0.15) is 0 Å². The molecule has 1 amide bonds. The molecule has 1 N–H and O–H groups in total. The first-order valence-electron chi connectivity index (χ1n) is 5.37. The molecule has 1 aromatic rings. The molecule has 1 aromatic carbocycles. The minimum atomic E-state index is 0.106. The number of nitrogens with zero attached hydrogens (tertiary/aromatic N) is 1. The van der Waals surface area contributed by atoms with Crippen LogP contribution in [0.15, 0.2) is 23.1 Å². The van der Waals surface area contributed by atoms with E-state index in [1.54, 1.807) is 18.7 Å². The van der Waals surface area contributed by atoms with Gasteiger partial charge in [0, 0.05) is 29.8 Å². The molecule has 0 spiro atoms. The van der Waals surface area contributed by atoms with Crippen molar-refractivity contribution in [1.82, 2.24) is 0 Å². The molecular weight excluding hydrogens is 222 g/mol. The van der Waals surface area contributed by atoms with Crippen LogP contribution >= 0.6 is 11.8 Å². The number of rotatable bonds is 3. The number of anilines is 1. The van der Waals surface area contributed by atoms with Crippen LogP contribution in [0.2, 0.25) is 0 Å². The molecule has 0 aromatic heterocycles. The number of hydrogen-bond acceptors (Lipinski definition) is 3. The lowest BCUT2D eigenvalue weighted by Crippen LogP contribution is -2.25. The lowest BCUT2D eigenvalue weighted by molar-refractivity contribution is -0.116. The van der Waals surface area contributed by atoms with Gasteiger partial charge < -0.3 is 10.0 Å². The fourth-order valence-corrected chi connectivity index (χ4v) is 2.68. The molecule has 0 unspecified atom stereocenters. The van der Waals surface area contributed by atoms with Crippen molar-refractivity contribution in [2.24, 2.45) is 0 Å². The van der Waals surface area contributed by atoms with E-state index in [0.29, 0.717) is 0 Å². The molecular formula is C12H15NO2S. The van der Waals surface area contributed by atoms with E-state index < -0.39 is 0 Å². The first-order chi connectivity index (χ1) is 7.72. The Morgan fingerprint density at radius 1 is 1.56 bits per heavy atom. The number of carbonyl (C=O) groups excluding carboxylic acids is 1. The summed E-state index contributed by atoms with van der Waals surface area (Å²) in [6.45, 7) is 2.59. The number of aliphatic hydroxyl groups is 1. The lowest BCUT2D eigenvalue weighted by atomic mass is 10.2. The molecule has 4 heteroatoms. The van der Waals surface area contributed by atoms with E-state index in [1.807, 2.05) is 17.0 Å². The summed E-state index contributed by atoms with van der Waals surface area (Å²) in [5, 5.41) is 8.76. The Balaban J connectivity index is 2.19. The molecule has 2 rings (SSSR count). The summed E-state index contributed by atoms with van der Waals surface area (Å²) < 4.78 is 0. The van der Waals surface area contributed by atoms with E-state index in [0.717, 1.165) is 24.4 Å². The van der Waals surface area contributed by atoms with E-state index in [-0.39, 0.29) is 12.5 Å². The summed E-state index contributed by atoms with van der Waals surface area (Å²) in [7, 11) is 0. The first kappa shape index (κ1) is 11.5. The van der Waals surface area contributed by atoms with Gasteiger partial charge in [0.1, 0.15) is 0 Å². The van der Waals surface area contributed by atoms with Gasteiger partial charge in [0.25, 0.3) is 0 Å². The largest absolute Gasteiger partial charge is 0.396 e. The number of carbonyl (C=O) groups is 1. The fourth-order valence-electron chi connectivity index (χ4n) is 1.96. The second-order valence-electron chi connectivity index (χ2n) is 3.78. The Bertz CT molecular complexity index is 406. The standard InChI is InChI=1S/C12H15NO2S/c1-9(15)13-5-4-10-8-11(16-7-6-14)2-3-12(10)13/h2-3,8,14H,4-7H2,1H3. The summed E-state index contributed by atoms with van der Waals surface area (Å²) in [6, 6.07) is 6.14. The van der Waals surface area contributed by atoms with Gasteiger partial charge >= 0.3 is 0 Å². The van der Waals surface area contributed by atoms with Crippen LogP contribution in [0.4, 0.5) is 5.69 Å². The molecule has 86 valence electrons. The molecule has 1 aliphatic rings. The number of benzene rings is 1. The highest BCUT2D eigenvalue weighted by molar-refractivity contribution is 7.99. The minimum absolute atomic E-state index is 0.106. The molecule has 1 heterocycles. The number of aliphatic hydroxyl groups excluding tert-OH is 1. The van der Waals surface area contributed by atoms with Gasteiger partial charge in [0.15, 0.2) is 0 Å². The van der Waals surface area contributed by atoms with Crippen LogP contribution in [0, 0.1) is 0 Å². The van der Waals surface area contributed by atoms with Crippen molar-refractivity contribution < 1.29 is 9.90 Å². The summed E-state index contributed by atoms with van der Waals surface area (Å²) in [4.78, 5) is 14.3. The van der Waals surface area contributed by atoms with Crippen LogP contribution in [-0.4, -0.2) is 29.9 Å². The quantitative estimate of drug-likeness (QED) is 0.813. The Hall–Kier alpha value is -1.00.